The maximum atomic E-state index is 11.0. The Morgan fingerprint density at radius 3 is 2.17 bits per heavy atom. The first-order valence-corrected chi connectivity index (χ1v) is 7.48. The number of unbranched alkanes of at least 4 members (excludes halogenated alkanes) is 1. The molecule has 0 aromatic rings. The SMILES string of the molecule is CC(C)(CCCCN1CCCCCCC1)C(=O)O. The molecule has 1 aliphatic rings. The minimum Gasteiger partial charge on any atom is -0.481 e. The zero-order valence-corrected chi connectivity index (χ0v) is 12.1. The van der Waals surface area contributed by atoms with Crippen molar-refractivity contribution < 1.29 is 9.90 Å². The lowest BCUT2D eigenvalue weighted by Crippen LogP contribution is -2.29. The number of rotatable bonds is 6. The molecular weight excluding hydrogens is 226 g/mol. The molecular formula is C15H29NO2. The van der Waals surface area contributed by atoms with E-state index in [0.717, 1.165) is 25.8 Å². The summed E-state index contributed by atoms with van der Waals surface area (Å²) < 4.78 is 0. The third-order valence-corrected chi connectivity index (χ3v) is 4.05. The highest BCUT2D eigenvalue weighted by Gasteiger charge is 2.26. The molecule has 106 valence electrons. The molecule has 0 atom stereocenters. The monoisotopic (exact) mass is 255 g/mol. The molecule has 0 radical (unpaired) electrons. The van der Waals surface area contributed by atoms with Gasteiger partial charge in [-0.2, -0.15) is 0 Å². The molecule has 1 fully saturated rings. The van der Waals surface area contributed by atoms with Gasteiger partial charge >= 0.3 is 5.97 Å². The molecule has 18 heavy (non-hydrogen) atoms. The van der Waals surface area contributed by atoms with Crippen LogP contribution in [0.5, 0.6) is 0 Å². The first kappa shape index (κ1) is 15.5. The summed E-state index contributed by atoms with van der Waals surface area (Å²) >= 11 is 0. The molecule has 1 heterocycles. The number of nitrogens with zero attached hydrogens (tertiary/aromatic N) is 1. The van der Waals surface area contributed by atoms with Crippen LogP contribution >= 0.6 is 0 Å². The quantitative estimate of drug-likeness (QED) is 0.738. The van der Waals surface area contributed by atoms with Crippen molar-refractivity contribution in [2.45, 2.75) is 65.2 Å². The average molecular weight is 255 g/mol. The van der Waals surface area contributed by atoms with Gasteiger partial charge in [0.1, 0.15) is 0 Å². The van der Waals surface area contributed by atoms with Crippen LogP contribution in [0.25, 0.3) is 0 Å². The predicted octanol–water partition coefficient (Wildman–Crippen LogP) is 3.53. The molecule has 0 unspecified atom stereocenters. The normalized spacial score (nSPS) is 19.2. The molecule has 0 saturated carbocycles. The third kappa shape index (κ3) is 5.85. The van der Waals surface area contributed by atoms with Crippen molar-refractivity contribution in [3.8, 4) is 0 Å². The Hall–Kier alpha value is -0.570. The van der Waals surface area contributed by atoms with Gasteiger partial charge in [-0.25, -0.2) is 0 Å². The lowest BCUT2D eigenvalue weighted by Gasteiger charge is -2.25. The van der Waals surface area contributed by atoms with Gasteiger partial charge in [-0.05, 0) is 59.2 Å². The predicted molar refractivity (Wildman–Crippen MR) is 74.8 cm³/mol. The van der Waals surface area contributed by atoms with Crippen LogP contribution in [0.3, 0.4) is 0 Å². The van der Waals surface area contributed by atoms with E-state index in [1.807, 2.05) is 13.8 Å². The fourth-order valence-corrected chi connectivity index (χ4v) is 2.55. The van der Waals surface area contributed by atoms with Gasteiger partial charge in [-0.15, -0.1) is 0 Å². The van der Waals surface area contributed by atoms with Crippen molar-refractivity contribution >= 4 is 5.97 Å². The van der Waals surface area contributed by atoms with Crippen LogP contribution in [-0.4, -0.2) is 35.6 Å². The van der Waals surface area contributed by atoms with Gasteiger partial charge in [0.2, 0.25) is 0 Å². The zero-order valence-electron chi connectivity index (χ0n) is 12.1. The van der Waals surface area contributed by atoms with E-state index >= 15 is 0 Å². The summed E-state index contributed by atoms with van der Waals surface area (Å²) in [4.78, 5) is 13.6. The molecule has 1 N–H and O–H groups in total. The maximum absolute atomic E-state index is 11.0. The van der Waals surface area contributed by atoms with Crippen molar-refractivity contribution in [3.05, 3.63) is 0 Å². The van der Waals surface area contributed by atoms with E-state index in [2.05, 4.69) is 4.90 Å². The van der Waals surface area contributed by atoms with Crippen LogP contribution in [0, 0.1) is 5.41 Å². The molecule has 3 heteroatoms. The van der Waals surface area contributed by atoms with Crippen LogP contribution < -0.4 is 0 Å². The summed E-state index contributed by atoms with van der Waals surface area (Å²) in [6.45, 7) is 7.28. The van der Waals surface area contributed by atoms with E-state index in [9.17, 15) is 4.79 Å². The lowest BCUT2D eigenvalue weighted by molar-refractivity contribution is -0.147. The van der Waals surface area contributed by atoms with Gasteiger partial charge in [-0.1, -0.05) is 25.7 Å². The summed E-state index contributed by atoms with van der Waals surface area (Å²) in [6.07, 6.45) is 9.77. The molecule has 0 bridgehead atoms. The van der Waals surface area contributed by atoms with Crippen molar-refractivity contribution in [1.29, 1.82) is 0 Å². The largest absolute Gasteiger partial charge is 0.481 e. The number of carbonyl (C=O) groups is 1. The van der Waals surface area contributed by atoms with Crippen LogP contribution in [0.4, 0.5) is 0 Å². The molecule has 0 aliphatic carbocycles. The van der Waals surface area contributed by atoms with Crippen molar-refractivity contribution in [2.75, 3.05) is 19.6 Å². The highest BCUT2D eigenvalue weighted by molar-refractivity contribution is 5.73. The highest BCUT2D eigenvalue weighted by atomic mass is 16.4. The second kappa shape index (κ2) is 7.78. The Morgan fingerprint density at radius 1 is 1.06 bits per heavy atom. The summed E-state index contributed by atoms with van der Waals surface area (Å²) in [6, 6.07) is 0. The molecule has 0 amide bonds. The molecule has 3 nitrogen and oxygen atoms in total. The Balaban J connectivity index is 2.14. The van der Waals surface area contributed by atoms with Gasteiger partial charge in [0.25, 0.3) is 0 Å². The average Bonchev–Trinajstić information content (AvgIpc) is 2.26. The minimum atomic E-state index is -0.672. The van der Waals surface area contributed by atoms with Gasteiger partial charge in [0.15, 0.2) is 0 Å². The molecule has 1 rings (SSSR count). The molecule has 1 saturated heterocycles. The van der Waals surface area contributed by atoms with Crippen LogP contribution in [0.15, 0.2) is 0 Å². The number of hydrogen-bond donors (Lipinski definition) is 1. The van der Waals surface area contributed by atoms with Crippen LogP contribution in [0.2, 0.25) is 0 Å². The summed E-state index contributed by atoms with van der Waals surface area (Å²) in [5, 5.41) is 9.05. The van der Waals surface area contributed by atoms with Crippen LogP contribution in [-0.2, 0) is 4.79 Å². The Bertz CT molecular complexity index is 243. The van der Waals surface area contributed by atoms with E-state index < -0.39 is 11.4 Å². The Kier molecular flexibility index (Phi) is 6.69. The molecule has 1 aliphatic heterocycles. The van der Waals surface area contributed by atoms with E-state index in [-0.39, 0.29) is 0 Å². The zero-order chi connectivity index (χ0) is 13.4. The first-order valence-electron chi connectivity index (χ1n) is 7.48. The fraction of sp³-hybridized carbons (Fsp3) is 0.933. The molecule has 0 aromatic heterocycles. The van der Waals surface area contributed by atoms with E-state index in [1.54, 1.807) is 0 Å². The Morgan fingerprint density at radius 2 is 1.61 bits per heavy atom. The molecule has 0 aromatic carbocycles. The number of carboxylic acids is 1. The highest BCUT2D eigenvalue weighted by Crippen LogP contribution is 2.23. The smallest absolute Gasteiger partial charge is 0.309 e. The van der Waals surface area contributed by atoms with Gasteiger partial charge in [0.05, 0.1) is 5.41 Å². The van der Waals surface area contributed by atoms with Gasteiger partial charge in [-0.3, -0.25) is 4.79 Å². The van der Waals surface area contributed by atoms with Crippen molar-refractivity contribution in [1.82, 2.24) is 4.90 Å². The maximum Gasteiger partial charge on any atom is 0.309 e. The van der Waals surface area contributed by atoms with E-state index in [4.69, 9.17) is 5.11 Å². The number of carboxylic acid groups (broad SMARTS) is 1. The van der Waals surface area contributed by atoms with Crippen molar-refractivity contribution in [2.24, 2.45) is 5.41 Å². The summed E-state index contributed by atoms with van der Waals surface area (Å²) in [7, 11) is 0. The van der Waals surface area contributed by atoms with E-state index in [0.29, 0.717) is 0 Å². The number of hydrogen-bond acceptors (Lipinski definition) is 2. The number of aliphatic carboxylic acids is 1. The minimum absolute atomic E-state index is 0.559. The summed E-state index contributed by atoms with van der Waals surface area (Å²) in [5.41, 5.74) is -0.559. The lowest BCUT2D eigenvalue weighted by atomic mass is 9.87. The van der Waals surface area contributed by atoms with Gasteiger partial charge < -0.3 is 10.0 Å². The first-order chi connectivity index (χ1) is 8.52. The van der Waals surface area contributed by atoms with Crippen molar-refractivity contribution in [3.63, 3.8) is 0 Å². The molecule has 0 spiro atoms. The number of likely N-dealkylation sites (tertiary alicyclic amines) is 1. The fourth-order valence-electron chi connectivity index (χ4n) is 2.55. The summed E-state index contributed by atoms with van der Waals surface area (Å²) in [5.74, 6) is -0.672. The second-order valence-corrected chi connectivity index (χ2v) is 6.26. The Labute approximate surface area is 112 Å². The second-order valence-electron chi connectivity index (χ2n) is 6.26. The van der Waals surface area contributed by atoms with Gasteiger partial charge in [0, 0.05) is 0 Å². The topological polar surface area (TPSA) is 40.5 Å². The van der Waals surface area contributed by atoms with E-state index in [1.165, 1.54) is 45.2 Å². The standard InChI is InChI=1S/C15H29NO2/c1-15(2,14(17)18)10-6-9-13-16-11-7-4-3-5-8-12-16/h3-13H2,1-2H3,(H,17,18). The van der Waals surface area contributed by atoms with Crippen LogP contribution in [0.1, 0.15) is 65.2 Å². The third-order valence-electron chi connectivity index (χ3n) is 4.05.